The lowest BCUT2D eigenvalue weighted by atomic mass is 10.2. The van der Waals surface area contributed by atoms with Crippen LogP contribution in [0.5, 0.6) is 0 Å². The van der Waals surface area contributed by atoms with E-state index >= 15 is 0 Å². The summed E-state index contributed by atoms with van der Waals surface area (Å²) in [7, 11) is 0. The van der Waals surface area contributed by atoms with Crippen LogP contribution in [-0.2, 0) is 17.0 Å². The fraction of sp³-hybridized carbons (Fsp3) is 0.320. The Hall–Kier alpha value is -2.94. The van der Waals surface area contributed by atoms with E-state index in [1.807, 2.05) is 54.6 Å². The molecule has 4 aromatic rings. The first-order valence-corrected chi connectivity index (χ1v) is 12.2. The molecule has 0 N–H and O–H groups in total. The number of hydrogen-bond acceptors (Lipinski definition) is 7. The summed E-state index contributed by atoms with van der Waals surface area (Å²) in [5.41, 5.74) is 1.71. The van der Waals surface area contributed by atoms with Gasteiger partial charge in [0, 0.05) is 31.7 Å². The van der Waals surface area contributed by atoms with Crippen molar-refractivity contribution in [3.8, 4) is 11.3 Å². The molecule has 0 unspecified atom stereocenters. The number of nitrogens with zero attached hydrogens (tertiary/aromatic N) is 4. The Morgan fingerprint density at radius 1 is 0.970 bits per heavy atom. The van der Waals surface area contributed by atoms with Crippen LogP contribution in [0.15, 0.2) is 75.2 Å². The van der Waals surface area contributed by atoms with Gasteiger partial charge in [0.1, 0.15) is 0 Å². The highest BCUT2D eigenvalue weighted by molar-refractivity contribution is 7.98. The fourth-order valence-electron chi connectivity index (χ4n) is 3.97. The lowest BCUT2D eigenvalue weighted by molar-refractivity contribution is 0.0368. The minimum absolute atomic E-state index is 0.00227. The van der Waals surface area contributed by atoms with Crippen LogP contribution in [0.2, 0.25) is 0 Å². The third-order valence-corrected chi connectivity index (χ3v) is 6.68. The van der Waals surface area contributed by atoms with Crippen LogP contribution in [0, 0.1) is 0 Å². The van der Waals surface area contributed by atoms with Gasteiger partial charge in [0.2, 0.25) is 5.89 Å². The van der Waals surface area contributed by atoms with Crippen LogP contribution >= 0.6 is 11.8 Å². The third kappa shape index (κ3) is 5.19. The van der Waals surface area contributed by atoms with Gasteiger partial charge in [-0.05, 0) is 18.6 Å². The number of morpholine rings is 1. The van der Waals surface area contributed by atoms with Crippen LogP contribution in [0.4, 0.5) is 0 Å². The highest BCUT2D eigenvalue weighted by atomic mass is 32.2. The van der Waals surface area contributed by atoms with Crippen molar-refractivity contribution in [3.63, 3.8) is 0 Å². The maximum Gasteiger partial charge on any atom is 0.262 e. The van der Waals surface area contributed by atoms with Gasteiger partial charge in [-0.15, -0.1) is 0 Å². The topological polar surface area (TPSA) is 73.4 Å². The molecule has 170 valence electrons. The molecule has 33 heavy (non-hydrogen) atoms. The second-order valence-electron chi connectivity index (χ2n) is 7.95. The van der Waals surface area contributed by atoms with Gasteiger partial charge in [-0.3, -0.25) is 14.3 Å². The quantitative estimate of drug-likeness (QED) is 0.289. The Kier molecular flexibility index (Phi) is 6.85. The van der Waals surface area contributed by atoms with Crippen LogP contribution in [-0.4, -0.2) is 52.3 Å². The molecule has 0 spiro atoms. The molecular weight excluding hydrogens is 436 g/mol. The van der Waals surface area contributed by atoms with Gasteiger partial charge in [0.25, 0.3) is 5.56 Å². The molecule has 1 fully saturated rings. The molecule has 0 radical (unpaired) electrons. The number of fused-ring (bicyclic) bond motifs is 1. The molecule has 5 rings (SSSR count). The number of ether oxygens (including phenoxy) is 1. The van der Waals surface area contributed by atoms with Crippen molar-refractivity contribution in [1.82, 2.24) is 19.4 Å². The lowest BCUT2D eigenvalue weighted by Crippen LogP contribution is -2.37. The Balaban J connectivity index is 1.34. The van der Waals surface area contributed by atoms with E-state index in [0.29, 0.717) is 34.2 Å². The summed E-state index contributed by atoms with van der Waals surface area (Å²) in [4.78, 5) is 24.9. The van der Waals surface area contributed by atoms with Gasteiger partial charge in [0.15, 0.2) is 10.9 Å². The molecule has 7 nitrogen and oxygen atoms in total. The fourth-order valence-corrected chi connectivity index (χ4v) is 4.85. The number of aromatic nitrogens is 3. The summed E-state index contributed by atoms with van der Waals surface area (Å²) in [5.74, 6) is 1.85. The van der Waals surface area contributed by atoms with E-state index in [9.17, 15) is 4.79 Å². The minimum atomic E-state index is 0.00227. The zero-order valence-electron chi connectivity index (χ0n) is 18.4. The molecule has 1 aliphatic heterocycles. The van der Waals surface area contributed by atoms with E-state index < -0.39 is 0 Å². The Bertz CT molecular complexity index is 1270. The predicted octanol–water partition coefficient (Wildman–Crippen LogP) is 4.07. The molecule has 1 saturated heterocycles. The normalized spacial score (nSPS) is 14.7. The third-order valence-electron chi connectivity index (χ3n) is 5.72. The molecule has 2 aromatic heterocycles. The SMILES string of the molecule is O=c1c2ccccc2nc(SCc2ncc(-c3ccccc3)o2)n1CCCN1CCOCC1. The van der Waals surface area contributed by atoms with Crippen molar-refractivity contribution < 1.29 is 9.15 Å². The average molecular weight is 463 g/mol. The zero-order valence-corrected chi connectivity index (χ0v) is 19.2. The molecule has 2 aromatic carbocycles. The summed E-state index contributed by atoms with van der Waals surface area (Å²) in [6, 6.07) is 17.4. The maximum atomic E-state index is 13.3. The van der Waals surface area contributed by atoms with E-state index in [4.69, 9.17) is 14.1 Å². The van der Waals surface area contributed by atoms with Gasteiger partial charge < -0.3 is 9.15 Å². The first-order valence-electron chi connectivity index (χ1n) is 11.2. The summed E-state index contributed by atoms with van der Waals surface area (Å²) in [6.07, 6.45) is 2.62. The highest BCUT2D eigenvalue weighted by Gasteiger charge is 2.15. The molecule has 8 heteroatoms. The lowest BCUT2D eigenvalue weighted by Gasteiger charge is -2.26. The van der Waals surface area contributed by atoms with Crippen molar-refractivity contribution >= 4 is 22.7 Å². The molecule has 0 atom stereocenters. The van der Waals surface area contributed by atoms with Crippen molar-refractivity contribution in [1.29, 1.82) is 0 Å². The summed E-state index contributed by atoms with van der Waals surface area (Å²) < 4.78 is 13.2. The van der Waals surface area contributed by atoms with Crippen LogP contribution in [0.3, 0.4) is 0 Å². The van der Waals surface area contributed by atoms with Crippen LogP contribution in [0.1, 0.15) is 12.3 Å². The van der Waals surface area contributed by atoms with Crippen molar-refractivity contribution in [2.45, 2.75) is 23.9 Å². The van der Waals surface area contributed by atoms with Gasteiger partial charge in [-0.25, -0.2) is 9.97 Å². The number of benzene rings is 2. The Labute approximate surface area is 196 Å². The zero-order chi connectivity index (χ0) is 22.5. The molecule has 0 saturated carbocycles. The van der Waals surface area contributed by atoms with Crippen molar-refractivity contribution in [2.24, 2.45) is 0 Å². The number of para-hydroxylation sites is 1. The number of rotatable bonds is 8. The predicted molar refractivity (Wildman–Crippen MR) is 129 cm³/mol. The molecule has 0 bridgehead atoms. The highest BCUT2D eigenvalue weighted by Crippen LogP contribution is 2.25. The number of hydrogen-bond donors (Lipinski definition) is 0. The van der Waals surface area contributed by atoms with Gasteiger partial charge in [-0.2, -0.15) is 0 Å². The Morgan fingerprint density at radius 3 is 2.61 bits per heavy atom. The smallest absolute Gasteiger partial charge is 0.262 e. The van der Waals surface area contributed by atoms with Gasteiger partial charge in [-0.1, -0.05) is 54.2 Å². The monoisotopic (exact) mass is 462 g/mol. The molecule has 0 aliphatic carbocycles. The van der Waals surface area contributed by atoms with Crippen molar-refractivity contribution in [2.75, 3.05) is 32.8 Å². The molecule has 3 heterocycles. The van der Waals surface area contributed by atoms with Crippen LogP contribution in [0.25, 0.3) is 22.2 Å². The number of thioether (sulfide) groups is 1. The molecule has 1 aliphatic rings. The summed E-state index contributed by atoms with van der Waals surface area (Å²) in [5, 5.41) is 1.34. The van der Waals surface area contributed by atoms with Crippen LogP contribution < -0.4 is 5.56 Å². The van der Waals surface area contributed by atoms with Crippen molar-refractivity contribution in [3.05, 3.63) is 77.0 Å². The summed E-state index contributed by atoms with van der Waals surface area (Å²) >= 11 is 1.49. The number of oxazole rings is 1. The maximum absolute atomic E-state index is 13.3. The van der Waals surface area contributed by atoms with E-state index in [0.717, 1.165) is 50.6 Å². The first kappa shape index (κ1) is 21.9. The van der Waals surface area contributed by atoms with E-state index in [-0.39, 0.29) is 5.56 Å². The molecular formula is C25H26N4O3S. The second kappa shape index (κ2) is 10.3. The largest absolute Gasteiger partial charge is 0.440 e. The minimum Gasteiger partial charge on any atom is -0.440 e. The van der Waals surface area contributed by atoms with Gasteiger partial charge >= 0.3 is 0 Å². The van der Waals surface area contributed by atoms with E-state index in [2.05, 4.69) is 9.88 Å². The summed E-state index contributed by atoms with van der Waals surface area (Å²) in [6.45, 7) is 5.00. The first-order chi connectivity index (χ1) is 16.3. The van der Waals surface area contributed by atoms with Gasteiger partial charge in [0.05, 0.1) is 36.1 Å². The molecule has 0 amide bonds. The Morgan fingerprint density at radius 2 is 1.76 bits per heavy atom. The van der Waals surface area contributed by atoms with E-state index in [1.165, 1.54) is 11.8 Å². The standard InChI is InChI=1S/C25H26N4O3S/c30-24-20-9-4-5-10-21(20)27-25(29(24)12-6-11-28-13-15-31-16-14-28)33-18-23-26-17-22(32-23)19-7-2-1-3-8-19/h1-5,7-10,17H,6,11-16,18H2. The average Bonchev–Trinajstić information content (AvgIpc) is 3.35. The second-order valence-corrected chi connectivity index (χ2v) is 8.89. The van der Waals surface area contributed by atoms with E-state index in [1.54, 1.807) is 10.8 Å².